The molecule has 0 saturated carbocycles. The van der Waals surface area contributed by atoms with Crippen LogP contribution in [0.2, 0.25) is 0 Å². The van der Waals surface area contributed by atoms with Crippen LogP contribution in [0.5, 0.6) is 5.75 Å². The summed E-state index contributed by atoms with van der Waals surface area (Å²) in [5, 5.41) is 3.66. The van der Waals surface area contributed by atoms with Crippen molar-refractivity contribution in [1.29, 1.82) is 0 Å². The Bertz CT molecular complexity index is 836. The van der Waals surface area contributed by atoms with Crippen molar-refractivity contribution < 1.29 is 14.3 Å². The number of hydrogen-bond acceptors (Lipinski definition) is 4. The second-order valence-corrected chi connectivity index (χ2v) is 7.29. The Morgan fingerprint density at radius 3 is 2.36 bits per heavy atom. The van der Waals surface area contributed by atoms with Gasteiger partial charge in [0.05, 0.1) is 0 Å². The quantitative estimate of drug-likeness (QED) is 0.198. The number of benzene rings is 2. The van der Waals surface area contributed by atoms with Crippen molar-refractivity contribution in [3.63, 3.8) is 0 Å². The van der Waals surface area contributed by atoms with Crippen molar-refractivity contribution in [1.82, 2.24) is 0 Å². The molecule has 0 aliphatic heterocycles. The van der Waals surface area contributed by atoms with Gasteiger partial charge in [-0.2, -0.15) is 0 Å². The lowest BCUT2D eigenvalue weighted by Gasteiger charge is -2.25. The third kappa shape index (κ3) is 6.18. The number of azide groups is 1. The van der Waals surface area contributed by atoms with E-state index in [0.29, 0.717) is 12.4 Å². The third-order valence-electron chi connectivity index (χ3n) is 3.93. The van der Waals surface area contributed by atoms with E-state index in [1.807, 2.05) is 54.6 Å². The largest absolute Gasteiger partial charge is 0.489 e. The first-order valence-electron chi connectivity index (χ1n) is 9.00. The minimum atomic E-state index is -1.03. The molecule has 28 heavy (non-hydrogen) atoms. The van der Waals surface area contributed by atoms with Crippen LogP contribution < -0.4 is 4.74 Å². The smallest absolute Gasteiger partial charge is 0.316 e. The molecule has 2 aromatic rings. The summed E-state index contributed by atoms with van der Waals surface area (Å²) in [5.41, 5.74) is 10.1. The van der Waals surface area contributed by atoms with Crippen LogP contribution in [0.3, 0.4) is 0 Å². The number of nitrogens with zero attached hydrogens (tertiary/aromatic N) is 3. The van der Waals surface area contributed by atoms with E-state index in [1.54, 1.807) is 26.8 Å². The molecule has 0 spiro atoms. The Balaban J connectivity index is 2.14. The van der Waals surface area contributed by atoms with E-state index < -0.39 is 23.5 Å². The molecule has 0 bridgehead atoms. The van der Waals surface area contributed by atoms with Gasteiger partial charge in [0.2, 0.25) is 0 Å². The SMILES string of the molecule is C=C[C@H](c1ccc(OCc2ccccc2)cc1)[C@H](N=[N+]=[N-])C(=O)OC(C)(C)C. The number of esters is 1. The molecule has 2 rings (SSSR count). The number of hydrogen-bond donors (Lipinski definition) is 0. The topological polar surface area (TPSA) is 84.3 Å². The first-order chi connectivity index (χ1) is 13.3. The monoisotopic (exact) mass is 379 g/mol. The summed E-state index contributed by atoms with van der Waals surface area (Å²) in [7, 11) is 0. The zero-order valence-electron chi connectivity index (χ0n) is 16.4. The average molecular weight is 379 g/mol. The molecular formula is C22H25N3O3. The number of ether oxygens (including phenoxy) is 2. The first kappa shape index (κ1) is 21.1. The Kier molecular flexibility index (Phi) is 7.24. The fraction of sp³-hybridized carbons (Fsp3) is 0.318. The van der Waals surface area contributed by atoms with Gasteiger partial charge in [0.1, 0.15) is 24.0 Å². The van der Waals surface area contributed by atoms with Crippen LogP contribution >= 0.6 is 0 Å². The maximum Gasteiger partial charge on any atom is 0.316 e. The highest BCUT2D eigenvalue weighted by molar-refractivity contribution is 5.78. The van der Waals surface area contributed by atoms with Gasteiger partial charge in [0.15, 0.2) is 0 Å². The van der Waals surface area contributed by atoms with E-state index in [9.17, 15) is 4.79 Å². The summed E-state index contributed by atoms with van der Waals surface area (Å²) in [5.74, 6) is -0.387. The van der Waals surface area contributed by atoms with Crippen molar-refractivity contribution in [2.24, 2.45) is 5.11 Å². The van der Waals surface area contributed by atoms with Crippen LogP contribution in [0.25, 0.3) is 10.4 Å². The van der Waals surface area contributed by atoms with Crippen LogP contribution in [-0.2, 0) is 16.1 Å². The number of carbonyl (C=O) groups excluding carboxylic acids is 1. The predicted molar refractivity (Wildman–Crippen MR) is 109 cm³/mol. The van der Waals surface area contributed by atoms with Gasteiger partial charge >= 0.3 is 5.97 Å². The summed E-state index contributed by atoms with van der Waals surface area (Å²) in [4.78, 5) is 15.3. The van der Waals surface area contributed by atoms with Gasteiger partial charge in [0, 0.05) is 10.8 Å². The fourth-order valence-electron chi connectivity index (χ4n) is 2.66. The Hall–Kier alpha value is -3.24. The van der Waals surface area contributed by atoms with Gasteiger partial charge in [-0.1, -0.05) is 53.7 Å². The van der Waals surface area contributed by atoms with Crippen molar-refractivity contribution >= 4 is 5.97 Å². The van der Waals surface area contributed by atoms with E-state index in [4.69, 9.17) is 15.0 Å². The van der Waals surface area contributed by atoms with Crippen LogP contribution in [0, 0.1) is 0 Å². The van der Waals surface area contributed by atoms with Crippen LogP contribution in [0.15, 0.2) is 72.4 Å². The molecular weight excluding hydrogens is 354 g/mol. The highest BCUT2D eigenvalue weighted by Gasteiger charge is 2.31. The summed E-state index contributed by atoms with van der Waals surface area (Å²) in [6, 6.07) is 16.1. The van der Waals surface area contributed by atoms with Gasteiger partial charge in [-0.25, -0.2) is 0 Å². The van der Waals surface area contributed by atoms with Crippen molar-refractivity contribution in [2.75, 3.05) is 0 Å². The van der Waals surface area contributed by atoms with Gasteiger partial charge in [-0.3, -0.25) is 4.79 Å². The Morgan fingerprint density at radius 1 is 1.18 bits per heavy atom. The van der Waals surface area contributed by atoms with Crippen molar-refractivity contribution in [2.45, 2.75) is 44.9 Å². The molecule has 0 aromatic heterocycles. The molecule has 0 radical (unpaired) electrons. The van der Waals surface area contributed by atoms with Gasteiger partial charge < -0.3 is 9.47 Å². The van der Waals surface area contributed by atoms with E-state index >= 15 is 0 Å². The normalized spacial score (nSPS) is 13.0. The first-order valence-corrected chi connectivity index (χ1v) is 9.00. The molecule has 0 aliphatic rings. The molecule has 0 heterocycles. The summed E-state index contributed by atoms with van der Waals surface area (Å²) < 4.78 is 11.2. The molecule has 0 aliphatic carbocycles. The minimum Gasteiger partial charge on any atom is -0.489 e. The maximum atomic E-state index is 12.5. The standard InChI is InChI=1S/C22H25N3O3/c1-5-19(20(24-25-23)21(26)28-22(2,3)4)17-11-13-18(14-12-17)27-15-16-9-7-6-8-10-16/h5-14,19-20H,1,15H2,2-4H3/t19-,20+/m1/s1. The number of carbonyl (C=O) groups is 1. The van der Waals surface area contributed by atoms with Gasteiger partial charge in [0.25, 0.3) is 0 Å². The van der Waals surface area contributed by atoms with E-state index in [-0.39, 0.29) is 0 Å². The highest BCUT2D eigenvalue weighted by atomic mass is 16.6. The molecule has 146 valence electrons. The Labute approximate surface area is 165 Å². The highest BCUT2D eigenvalue weighted by Crippen LogP contribution is 2.28. The number of rotatable bonds is 8. The molecule has 2 aromatic carbocycles. The zero-order chi connectivity index (χ0) is 20.6. The lowest BCUT2D eigenvalue weighted by Crippen LogP contribution is -2.33. The maximum absolute atomic E-state index is 12.5. The predicted octanol–water partition coefficient (Wildman–Crippen LogP) is 5.56. The molecule has 6 heteroatoms. The van der Waals surface area contributed by atoms with Crippen LogP contribution in [0.1, 0.15) is 37.8 Å². The summed E-state index contributed by atoms with van der Waals surface area (Å²) >= 11 is 0. The van der Waals surface area contributed by atoms with E-state index in [1.165, 1.54) is 0 Å². The fourth-order valence-corrected chi connectivity index (χ4v) is 2.66. The zero-order valence-corrected chi connectivity index (χ0v) is 16.4. The molecule has 0 N–H and O–H groups in total. The molecule has 0 unspecified atom stereocenters. The van der Waals surface area contributed by atoms with Crippen LogP contribution in [-0.4, -0.2) is 17.6 Å². The molecule has 0 saturated heterocycles. The second-order valence-electron chi connectivity index (χ2n) is 7.29. The molecule has 6 nitrogen and oxygen atoms in total. The third-order valence-corrected chi connectivity index (χ3v) is 3.93. The second kappa shape index (κ2) is 9.62. The Morgan fingerprint density at radius 2 is 1.82 bits per heavy atom. The molecule has 0 amide bonds. The lowest BCUT2D eigenvalue weighted by molar-refractivity contribution is -0.156. The minimum absolute atomic E-state index is 0.463. The van der Waals surface area contributed by atoms with Crippen molar-refractivity contribution in [3.8, 4) is 5.75 Å². The average Bonchev–Trinajstić information content (AvgIpc) is 2.66. The summed E-state index contributed by atoms with van der Waals surface area (Å²) in [6.07, 6.45) is 1.59. The van der Waals surface area contributed by atoms with Crippen molar-refractivity contribution in [3.05, 3.63) is 88.8 Å². The lowest BCUT2D eigenvalue weighted by atomic mass is 9.91. The van der Waals surface area contributed by atoms with Gasteiger partial charge in [-0.15, -0.1) is 6.58 Å². The summed E-state index contributed by atoms with van der Waals surface area (Å²) in [6.45, 7) is 9.55. The van der Waals surface area contributed by atoms with E-state index in [2.05, 4.69) is 16.6 Å². The van der Waals surface area contributed by atoms with Gasteiger partial charge in [-0.05, 0) is 49.6 Å². The van der Waals surface area contributed by atoms with Crippen LogP contribution in [0.4, 0.5) is 0 Å². The van der Waals surface area contributed by atoms with E-state index in [0.717, 1.165) is 11.1 Å². The molecule has 0 fully saturated rings. The molecule has 2 atom stereocenters.